The number of nitrogens with one attached hydrogen (secondary N) is 2. The maximum Gasteiger partial charge on any atom is 0.263 e. The van der Waals surface area contributed by atoms with E-state index in [-0.39, 0.29) is 23.9 Å². The highest BCUT2D eigenvalue weighted by Gasteiger charge is 2.21. The van der Waals surface area contributed by atoms with Crippen LogP contribution in [0.15, 0.2) is 29.2 Å². The van der Waals surface area contributed by atoms with Gasteiger partial charge in [-0.25, -0.2) is 4.68 Å². The van der Waals surface area contributed by atoms with Crippen molar-refractivity contribution < 1.29 is 9.47 Å². The Morgan fingerprint density at radius 1 is 1.27 bits per heavy atom. The first-order valence-corrected chi connectivity index (χ1v) is 8.47. The monoisotopic (exact) mass is 355 g/mol. The second kappa shape index (κ2) is 5.76. The number of fused-ring (bicyclic) bond motifs is 2. The Hall–Kier alpha value is -3.03. The van der Waals surface area contributed by atoms with Gasteiger partial charge in [0, 0.05) is 0 Å². The summed E-state index contributed by atoms with van der Waals surface area (Å²) in [6.07, 6.45) is 1.55. The van der Waals surface area contributed by atoms with Crippen molar-refractivity contribution >= 4 is 17.0 Å². The minimum atomic E-state index is -0.275. The lowest BCUT2D eigenvalue weighted by Gasteiger charge is -2.20. The fraction of sp³-hybridized carbons (Fsp3) is 0.389. The summed E-state index contributed by atoms with van der Waals surface area (Å²) in [5.41, 5.74) is 1.07. The zero-order valence-corrected chi connectivity index (χ0v) is 15.2. The van der Waals surface area contributed by atoms with Crippen molar-refractivity contribution in [2.24, 2.45) is 0 Å². The van der Waals surface area contributed by atoms with Gasteiger partial charge in [0.2, 0.25) is 12.7 Å². The summed E-state index contributed by atoms with van der Waals surface area (Å²) >= 11 is 0. The number of hydrogen-bond donors (Lipinski definition) is 2. The molecule has 3 heterocycles. The molecule has 0 fully saturated rings. The Labute approximate surface area is 150 Å². The standard InChI is InChI=1S/C18H21N5O3/c1-10(11-5-6-13-14(7-11)26-9-25-13)20-17-21-15-12(16(24)22-17)8-19-23(15)18(2,3)4/h5-8,10H,9H2,1-4H3,(H2,20,21,22,24). The topological polar surface area (TPSA) is 94.1 Å². The molecule has 0 spiro atoms. The van der Waals surface area contributed by atoms with E-state index >= 15 is 0 Å². The van der Waals surface area contributed by atoms with Gasteiger partial charge in [0.1, 0.15) is 5.39 Å². The van der Waals surface area contributed by atoms with Crippen molar-refractivity contribution in [3.63, 3.8) is 0 Å². The summed E-state index contributed by atoms with van der Waals surface area (Å²) < 4.78 is 12.5. The van der Waals surface area contributed by atoms with E-state index in [0.717, 1.165) is 17.1 Å². The van der Waals surface area contributed by atoms with Gasteiger partial charge in [0.15, 0.2) is 17.1 Å². The summed E-state index contributed by atoms with van der Waals surface area (Å²) in [5, 5.41) is 8.04. The predicted molar refractivity (Wildman–Crippen MR) is 97.7 cm³/mol. The molecule has 8 heteroatoms. The Balaban J connectivity index is 1.67. The number of anilines is 1. The lowest BCUT2D eigenvalue weighted by molar-refractivity contribution is 0.174. The van der Waals surface area contributed by atoms with Gasteiger partial charge in [-0.05, 0) is 45.4 Å². The van der Waals surface area contributed by atoms with E-state index in [4.69, 9.17) is 9.47 Å². The zero-order chi connectivity index (χ0) is 18.5. The quantitative estimate of drug-likeness (QED) is 0.750. The molecule has 2 aromatic heterocycles. The minimum Gasteiger partial charge on any atom is -0.454 e. The minimum absolute atomic E-state index is 0.0869. The molecule has 0 saturated heterocycles. The van der Waals surface area contributed by atoms with E-state index < -0.39 is 0 Å². The number of nitrogens with zero attached hydrogens (tertiary/aromatic N) is 3. The van der Waals surface area contributed by atoms with Crippen molar-refractivity contribution in [1.29, 1.82) is 0 Å². The molecule has 26 heavy (non-hydrogen) atoms. The first-order valence-electron chi connectivity index (χ1n) is 8.47. The van der Waals surface area contributed by atoms with Crippen LogP contribution in [-0.2, 0) is 5.54 Å². The Morgan fingerprint density at radius 2 is 2.04 bits per heavy atom. The first-order chi connectivity index (χ1) is 12.3. The van der Waals surface area contributed by atoms with Gasteiger partial charge in [-0.3, -0.25) is 9.78 Å². The van der Waals surface area contributed by atoms with Gasteiger partial charge in [-0.2, -0.15) is 10.1 Å². The number of aromatic amines is 1. The number of benzene rings is 1. The lowest BCUT2D eigenvalue weighted by Crippen LogP contribution is -2.24. The summed E-state index contributed by atoms with van der Waals surface area (Å²) in [6.45, 7) is 8.28. The molecule has 0 amide bonds. The highest BCUT2D eigenvalue weighted by Crippen LogP contribution is 2.34. The van der Waals surface area contributed by atoms with Crippen LogP contribution in [-0.4, -0.2) is 26.5 Å². The molecule has 136 valence electrons. The highest BCUT2D eigenvalue weighted by atomic mass is 16.7. The van der Waals surface area contributed by atoms with Crippen LogP contribution in [0.1, 0.15) is 39.3 Å². The van der Waals surface area contributed by atoms with Crippen LogP contribution in [0, 0.1) is 0 Å². The molecule has 1 atom stereocenters. The van der Waals surface area contributed by atoms with Gasteiger partial charge in [-0.15, -0.1) is 0 Å². The number of rotatable bonds is 3. The van der Waals surface area contributed by atoms with Crippen LogP contribution in [0.25, 0.3) is 11.0 Å². The number of aromatic nitrogens is 4. The number of H-pyrrole nitrogens is 1. The largest absolute Gasteiger partial charge is 0.454 e. The molecular formula is C18H21N5O3. The van der Waals surface area contributed by atoms with Crippen LogP contribution in [0.4, 0.5) is 5.95 Å². The normalized spacial score (nSPS) is 14.6. The van der Waals surface area contributed by atoms with Crippen molar-refractivity contribution in [2.45, 2.75) is 39.3 Å². The molecule has 1 aromatic carbocycles. The smallest absolute Gasteiger partial charge is 0.263 e. The highest BCUT2D eigenvalue weighted by molar-refractivity contribution is 5.74. The zero-order valence-electron chi connectivity index (χ0n) is 15.2. The molecule has 8 nitrogen and oxygen atoms in total. The molecular weight excluding hydrogens is 334 g/mol. The Kier molecular flexibility index (Phi) is 3.64. The molecule has 0 aliphatic carbocycles. The second-order valence-electron chi connectivity index (χ2n) is 7.36. The molecule has 0 saturated carbocycles. The summed E-state index contributed by atoms with van der Waals surface area (Å²) in [6, 6.07) is 5.68. The van der Waals surface area contributed by atoms with E-state index in [1.807, 2.05) is 45.9 Å². The third-order valence-corrected chi connectivity index (χ3v) is 4.32. The summed E-state index contributed by atoms with van der Waals surface area (Å²) in [5.74, 6) is 1.86. The van der Waals surface area contributed by atoms with Gasteiger partial charge in [0.05, 0.1) is 17.8 Å². The Bertz CT molecular complexity index is 1030. The molecule has 1 aliphatic rings. The molecule has 0 bridgehead atoms. The van der Waals surface area contributed by atoms with E-state index in [2.05, 4.69) is 20.4 Å². The molecule has 0 radical (unpaired) electrons. The van der Waals surface area contributed by atoms with E-state index in [0.29, 0.717) is 17.0 Å². The summed E-state index contributed by atoms with van der Waals surface area (Å²) in [4.78, 5) is 19.7. The van der Waals surface area contributed by atoms with Crippen molar-refractivity contribution in [3.05, 3.63) is 40.3 Å². The summed E-state index contributed by atoms with van der Waals surface area (Å²) in [7, 11) is 0. The Morgan fingerprint density at radius 3 is 2.81 bits per heavy atom. The number of ether oxygens (including phenoxy) is 2. The van der Waals surface area contributed by atoms with Gasteiger partial charge >= 0.3 is 0 Å². The fourth-order valence-corrected chi connectivity index (χ4v) is 2.95. The van der Waals surface area contributed by atoms with Crippen LogP contribution >= 0.6 is 0 Å². The second-order valence-corrected chi connectivity index (χ2v) is 7.36. The van der Waals surface area contributed by atoms with E-state index in [9.17, 15) is 4.79 Å². The molecule has 2 N–H and O–H groups in total. The molecule has 3 aromatic rings. The molecule has 4 rings (SSSR count). The average Bonchev–Trinajstić information content (AvgIpc) is 3.20. The maximum atomic E-state index is 12.4. The fourth-order valence-electron chi connectivity index (χ4n) is 2.95. The SMILES string of the molecule is CC(Nc1nc2c(cnn2C(C)(C)C)c(=O)[nH]1)c1ccc2c(c1)OCO2. The maximum absolute atomic E-state index is 12.4. The van der Waals surface area contributed by atoms with Crippen LogP contribution in [0.2, 0.25) is 0 Å². The van der Waals surface area contributed by atoms with Crippen LogP contribution in [0.5, 0.6) is 11.5 Å². The lowest BCUT2D eigenvalue weighted by atomic mass is 10.1. The third kappa shape index (κ3) is 2.77. The van der Waals surface area contributed by atoms with Crippen LogP contribution in [0.3, 0.4) is 0 Å². The molecule has 1 unspecified atom stereocenters. The number of hydrogen-bond acceptors (Lipinski definition) is 6. The van der Waals surface area contributed by atoms with Gasteiger partial charge < -0.3 is 14.8 Å². The third-order valence-electron chi connectivity index (χ3n) is 4.32. The van der Waals surface area contributed by atoms with Crippen molar-refractivity contribution in [1.82, 2.24) is 19.7 Å². The van der Waals surface area contributed by atoms with Gasteiger partial charge in [-0.1, -0.05) is 6.07 Å². The van der Waals surface area contributed by atoms with E-state index in [1.165, 1.54) is 0 Å². The van der Waals surface area contributed by atoms with Crippen LogP contribution < -0.4 is 20.3 Å². The van der Waals surface area contributed by atoms with Crippen molar-refractivity contribution in [3.8, 4) is 11.5 Å². The van der Waals surface area contributed by atoms with Gasteiger partial charge in [0.25, 0.3) is 5.56 Å². The first kappa shape index (κ1) is 16.4. The predicted octanol–water partition coefficient (Wildman–Crippen LogP) is 2.78. The van der Waals surface area contributed by atoms with Crippen molar-refractivity contribution in [2.75, 3.05) is 12.1 Å². The average molecular weight is 355 g/mol. The van der Waals surface area contributed by atoms with E-state index in [1.54, 1.807) is 10.9 Å². The molecule has 1 aliphatic heterocycles.